The first-order valence-electron chi connectivity index (χ1n) is 11.7. The van der Waals surface area contributed by atoms with E-state index in [0.717, 1.165) is 17.1 Å². The highest BCUT2D eigenvalue weighted by atomic mass is 15.0. The second kappa shape index (κ2) is 7.06. The molecule has 3 heterocycles. The molecule has 3 aromatic heterocycles. The molecule has 0 N–H and O–H groups in total. The van der Waals surface area contributed by atoms with Crippen LogP contribution in [0.3, 0.4) is 0 Å². The SMILES string of the molecule is Cc1cc(-n2c3ccccc3c3ccc4c5ccccc5n(-c5ccccc5)c4c32)cc(C)n1. The molecule has 0 saturated heterocycles. The fourth-order valence-electron chi connectivity index (χ4n) is 5.56. The van der Waals surface area contributed by atoms with Crippen LogP contribution in [0.5, 0.6) is 0 Å². The predicted molar refractivity (Wildman–Crippen MR) is 142 cm³/mol. The van der Waals surface area contributed by atoms with Crippen LogP contribution in [-0.4, -0.2) is 14.1 Å². The van der Waals surface area contributed by atoms with E-state index in [2.05, 4.69) is 131 Å². The highest BCUT2D eigenvalue weighted by molar-refractivity contribution is 6.23. The van der Waals surface area contributed by atoms with Crippen molar-refractivity contribution in [3.05, 3.63) is 115 Å². The smallest absolute Gasteiger partial charge is 0.0788 e. The maximum atomic E-state index is 4.65. The Bertz CT molecular complexity index is 1850. The van der Waals surface area contributed by atoms with Gasteiger partial charge in [0.2, 0.25) is 0 Å². The summed E-state index contributed by atoms with van der Waals surface area (Å²) in [5.74, 6) is 0. The lowest BCUT2D eigenvalue weighted by Gasteiger charge is -2.13. The number of nitrogens with zero attached hydrogens (tertiary/aromatic N) is 3. The van der Waals surface area contributed by atoms with Gasteiger partial charge in [0, 0.05) is 44.3 Å². The van der Waals surface area contributed by atoms with Crippen LogP contribution in [0.1, 0.15) is 11.4 Å². The van der Waals surface area contributed by atoms with Crippen molar-refractivity contribution in [3.8, 4) is 11.4 Å². The van der Waals surface area contributed by atoms with Crippen molar-refractivity contribution in [2.24, 2.45) is 0 Å². The number of aryl methyl sites for hydroxylation is 2. The molecule has 0 saturated carbocycles. The van der Waals surface area contributed by atoms with Crippen molar-refractivity contribution in [3.63, 3.8) is 0 Å². The van der Waals surface area contributed by atoms with E-state index in [1.807, 2.05) is 0 Å². The van der Waals surface area contributed by atoms with Crippen LogP contribution in [0.4, 0.5) is 0 Å². The molecule has 7 aromatic rings. The molecule has 0 bridgehead atoms. The molecular weight excluding hydrogens is 414 g/mol. The molecule has 3 heteroatoms. The predicted octanol–water partition coefficient (Wildman–Crippen LogP) is 7.89. The third kappa shape index (κ3) is 2.61. The minimum Gasteiger partial charge on any atom is -0.307 e. The number of para-hydroxylation sites is 3. The van der Waals surface area contributed by atoms with Gasteiger partial charge >= 0.3 is 0 Å². The molecule has 0 amide bonds. The highest BCUT2D eigenvalue weighted by Gasteiger charge is 2.21. The van der Waals surface area contributed by atoms with Gasteiger partial charge < -0.3 is 9.13 Å². The molecule has 0 radical (unpaired) electrons. The van der Waals surface area contributed by atoms with E-state index in [1.165, 1.54) is 49.3 Å². The van der Waals surface area contributed by atoms with Crippen LogP contribution >= 0.6 is 0 Å². The molecule has 0 aliphatic heterocycles. The van der Waals surface area contributed by atoms with E-state index < -0.39 is 0 Å². The van der Waals surface area contributed by atoms with Crippen molar-refractivity contribution in [1.29, 1.82) is 0 Å². The Morgan fingerprint density at radius 3 is 1.50 bits per heavy atom. The van der Waals surface area contributed by atoms with Gasteiger partial charge in [-0.3, -0.25) is 4.98 Å². The van der Waals surface area contributed by atoms with Crippen LogP contribution in [0.15, 0.2) is 103 Å². The lowest BCUT2D eigenvalue weighted by atomic mass is 10.1. The number of aromatic nitrogens is 3. The topological polar surface area (TPSA) is 22.8 Å². The Balaban J connectivity index is 1.79. The summed E-state index contributed by atoms with van der Waals surface area (Å²) in [6.45, 7) is 4.14. The van der Waals surface area contributed by atoms with Gasteiger partial charge in [0.25, 0.3) is 0 Å². The first-order chi connectivity index (χ1) is 16.7. The zero-order valence-electron chi connectivity index (χ0n) is 19.2. The van der Waals surface area contributed by atoms with E-state index in [1.54, 1.807) is 0 Å². The van der Waals surface area contributed by atoms with Gasteiger partial charge in [-0.1, -0.05) is 66.7 Å². The molecule has 0 aliphatic carbocycles. The first-order valence-corrected chi connectivity index (χ1v) is 11.7. The average Bonchev–Trinajstić information content (AvgIpc) is 3.37. The summed E-state index contributed by atoms with van der Waals surface area (Å²) in [5, 5.41) is 5.05. The number of rotatable bonds is 2. The van der Waals surface area contributed by atoms with Crippen LogP contribution in [0.25, 0.3) is 55.0 Å². The Morgan fingerprint density at radius 2 is 0.941 bits per heavy atom. The summed E-state index contributed by atoms with van der Waals surface area (Å²) in [7, 11) is 0. The summed E-state index contributed by atoms with van der Waals surface area (Å²) in [4.78, 5) is 4.65. The van der Waals surface area contributed by atoms with Gasteiger partial charge in [-0.25, -0.2) is 0 Å². The zero-order chi connectivity index (χ0) is 22.8. The lowest BCUT2D eigenvalue weighted by Crippen LogP contribution is -2.00. The second-order valence-corrected chi connectivity index (χ2v) is 9.01. The fraction of sp³-hybridized carbons (Fsp3) is 0.0645. The first kappa shape index (κ1) is 19.1. The number of hydrogen-bond donors (Lipinski definition) is 0. The molecule has 0 fully saturated rings. The molecule has 0 atom stereocenters. The highest BCUT2D eigenvalue weighted by Crippen LogP contribution is 2.41. The molecule has 0 aliphatic rings. The molecule has 3 nitrogen and oxygen atoms in total. The maximum absolute atomic E-state index is 4.65. The van der Waals surface area contributed by atoms with Crippen LogP contribution in [-0.2, 0) is 0 Å². The maximum Gasteiger partial charge on any atom is 0.0788 e. The van der Waals surface area contributed by atoms with Gasteiger partial charge in [-0.05, 0) is 50.2 Å². The van der Waals surface area contributed by atoms with Crippen molar-refractivity contribution in [1.82, 2.24) is 14.1 Å². The van der Waals surface area contributed by atoms with Gasteiger partial charge in [-0.15, -0.1) is 0 Å². The van der Waals surface area contributed by atoms with Gasteiger partial charge in [0.05, 0.1) is 22.1 Å². The molecule has 7 rings (SSSR count). The van der Waals surface area contributed by atoms with E-state index in [9.17, 15) is 0 Å². The molecule has 4 aromatic carbocycles. The minimum atomic E-state index is 1.02. The second-order valence-electron chi connectivity index (χ2n) is 9.01. The standard InChI is InChI=1S/C31H23N3/c1-20-18-23(19-21(2)32-20)34-29-15-9-7-13-25(29)27-17-16-26-24-12-6-8-14-28(24)33(30(26)31(27)34)22-10-4-3-5-11-22/h3-19H,1-2H3. The van der Waals surface area contributed by atoms with Gasteiger partial charge in [0.1, 0.15) is 0 Å². The third-order valence-electron chi connectivity index (χ3n) is 6.81. The monoisotopic (exact) mass is 437 g/mol. The quantitative estimate of drug-likeness (QED) is 0.270. The summed E-state index contributed by atoms with van der Waals surface area (Å²) in [6, 6.07) is 37.1. The normalized spacial score (nSPS) is 11.8. The molecular formula is C31H23N3. The van der Waals surface area contributed by atoms with Crippen LogP contribution in [0.2, 0.25) is 0 Å². The molecule has 34 heavy (non-hydrogen) atoms. The van der Waals surface area contributed by atoms with Crippen molar-refractivity contribution in [2.75, 3.05) is 0 Å². The van der Waals surface area contributed by atoms with Crippen molar-refractivity contribution >= 4 is 43.6 Å². The third-order valence-corrected chi connectivity index (χ3v) is 6.81. The number of fused-ring (bicyclic) bond motifs is 7. The number of benzene rings is 4. The summed E-state index contributed by atoms with van der Waals surface area (Å²) in [6.07, 6.45) is 0. The fourth-order valence-corrected chi connectivity index (χ4v) is 5.56. The Labute approximate surface area is 197 Å². The molecule has 0 unspecified atom stereocenters. The number of pyridine rings is 1. The summed E-state index contributed by atoms with van der Waals surface area (Å²) in [5.41, 5.74) is 9.24. The van der Waals surface area contributed by atoms with E-state index in [0.29, 0.717) is 0 Å². The van der Waals surface area contributed by atoms with Crippen molar-refractivity contribution < 1.29 is 0 Å². The average molecular weight is 438 g/mol. The Hall–Kier alpha value is -4.37. The molecule has 0 spiro atoms. The van der Waals surface area contributed by atoms with Gasteiger partial charge in [0.15, 0.2) is 0 Å². The lowest BCUT2D eigenvalue weighted by molar-refractivity contribution is 1.07. The Kier molecular flexibility index (Phi) is 3.97. The van der Waals surface area contributed by atoms with E-state index in [-0.39, 0.29) is 0 Å². The largest absolute Gasteiger partial charge is 0.307 e. The summed E-state index contributed by atoms with van der Waals surface area (Å²) >= 11 is 0. The van der Waals surface area contributed by atoms with Crippen molar-refractivity contribution in [2.45, 2.75) is 13.8 Å². The number of hydrogen-bond acceptors (Lipinski definition) is 1. The van der Waals surface area contributed by atoms with Crippen LogP contribution in [0, 0.1) is 13.8 Å². The van der Waals surface area contributed by atoms with Gasteiger partial charge in [-0.2, -0.15) is 0 Å². The molecule has 162 valence electrons. The van der Waals surface area contributed by atoms with E-state index >= 15 is 0 Å². The van der Waals surface area contributed by atoms with E-state index in [4.69, 9.17) is 0 Å². The summed E-state index contributed by atoms with van der Waals surface area (Å²) < 4.78 is 4.84. The van der Waals surface area contributed by atoms with Crippen LogP contribution < -0.4 is 0 Å². The Morgan fingerprint density at radius 1 is 0.471 bits per heavy atom. The zero-order valence-corrected chi connectivity index (χ0v) is 19.2. The minimum absolute atomic E-state index is 1.02.